The zero-order valence-corrected chi connectivity index (χ0v) is 11.7. The van der Waals surface area contributed by atoms with E-state index in [4.69, 9.17) is 4.74 Å². The molecule has 116 valence electrons. The van der Waals surface area contributed by atoms with Crippen LogP contribution in [0.5, 0.6) is 23.0 Å². The standard InChI is InChI=1S/C17H12O6/c18-12-3-1-9(6-14(12)20)5-11-8-16(23-17(11)22)10-2-4-13(19)15(21)7-10/h1-8,18-21H/b11-5+. The van der Waals surface area contributed by atoms with E-state index in [0.717, 1.165) is 0 Å². The zero-order chi connectivity index (χ0) is 16.6. The first kappa shape index (κ1) is 14.5. The first-order valence-electron chi connectivity index (χ1n) is 6.64. The van der Waals surface area contributed by atoms with Gasteiger partial charge in [0.15, 0.2) is 23.0 Å². The highest BCUT2D eigenvalue weighted by Gasteiger charge is 2.22. The molecule has 1 heterocycles. The van der Waals surface area contributed by atoms with Crippen LogP contribution in [0.2, 0.25) is 0 Å². The fraction of sp³-hybridized carbons (Fsp3) is 0. The minimum Gasteiger partial charge on any atom is -0.504 e. The lowest BCUT2D eigenvalue weighted by molar-refractivity contribution is -0.130. The molecule has 0 atom stereocenters. The van der Waals surface area contributed by atoms with Crippen LogP contribution in [0.3, 0.4) is 0 Å². The van der Waals surface area contributed by atoms with Crippen molar-refractivity contribution in [3.8, 4) is 23.0 Å². The van der Waals surface area contributed by atoms with Gasteiger partial charge in [-0.15, -0.1) is 0 Å². The van der Waals surface area contributed by atoms with E-state index in [1.54, 1.807) is 0 Å². The molecule has 2 aromatic rings. The highest BCUT2D eigenvalue weighted by atomic mass is 16.5. The molecule has 0 bridgehead atoms. The molecule has 0 radical (unpaired) electrons. The molecule has 23 heavy (non-hydrogen) atoms. The fourth-order valence-corrected chi connectivity index (χ4v) is 2.12. The minimum atomic E-state index is -0.583. The van der Waals surface area contributed by atoms with Crippen molar-refractivity contribution < 1.29 is 30.0 Å². The smallest absolute Gasteiger partial charge is 0.343 e. The third-order valence-electron chi connectivity index (χ3n) is 3.31. The second-order valence-corrected chi connectivity index (χ2v) is 4.95. The van der Waals surface area contributed by atoms with Gasteiger partial charge < -0.3 is 25.2 Å². The average Bonchev–Trinajstić information content (AvgIpc) is 2.87. The molecule has 2 aromatic carbocycles. The lowest BCUT2D eigenvalue weighted by atomic mass is 10.1. The van der Waals surface area contributed by atoms with E-state index in [1.165, 1.54) is 48.6 Å². The van der Waals surface area contributed by atoms with Crippen molar-refractivity contribution in [2.75, 3.05) is 0 Å². The monoisotopic (exact) mass is 312 g/mol. The summed E-state index contributed by atoms with van der Waals surface area (Å²) in [6, 6.07) is 8.23. The summed E-state index contributed by atoms with van der Waals surface area (Å²) < 4.78 is 5.13. The highest BCUT2D eigenvalue weighted by molar-refractivity contribution is 6.05. The van der Waals surface area contributed by atoms with E-state index in [-0.39, 0.29) is 34.3 Å². The Bertz CT molecular complexity index is 863. The molecule has 6 nitrogen and oxygen atoms in total. The van der Waals surface area contributed by atoms with Gasteiger partial charge in [0, 0.05) is 5.56 Å². The number of carbonyl (C=O) groups excluding carboxylic acids is 1. The van der Waals surface area contributed by atoms with Crippen LogP contribution in [0.4, 0.5) is 0 Å². The van der Waals surface area contributed by atoms with Gasteiger partial charge in [-0.1, -0.05) is 6.07 Å². The largest absolute Gasteiger partial charge is 0.504 e. The second-order valence-electron chi connectivity index (χ2n) is 4.95. The molecule has 0 spiro atoms. The van der Waals surface area contributed by atoms with E-state index in [0.29, 0.717) is 11.1 Å². The maximum Gasteiger partial charge on any atom is 0.343 e. The van der Waals surface area contributed by atoms with Crippen LogP contribution in [0.1, 0.15) is 11.1 Å². The van der Waals surface area contributed by atoms with E-state index < -0.39 is 5.97 Å². The predicted molar refractivity (Wildman–Crippen MR) is 81.6 cm³/mol. The van der Waals surface area contributed by atoms with Crippen LogP contribution in [-0.4, -0.2) is 26.4 Å². The second kappa shape index (κ2) is 5.42. The summed E-state index contributed by atoms with van der Waals surface area (Å²) in [5, 5.41) is 37.5. The van der Waals surface area contributed by atoms with Gasteiger partial charge in [0.2, 0.25) is 0 Å². The zero-order valence-electron chi connectivity index (χ0n) is 11.7. The SMILES string of the molecule is O=C1OC(c2ccc(O)c(O)c2)=C/C1=C\c1ccc(O)c(O)c1. The van der Waals surface area contributed by atoms with Crippen molar-refractivity contribution in [1.29, 1.82) is 0 Å². The Morgan fingerprint density at radius 3 is 2.13 bits per heavy atom. The Kier molecular flexibility index (Phi) is 3.42. The summed E-state index contributed by atoms with van der Waals surface area (Å²) in [4.78, 5) is 11.9. The van der Waals surface area contributed by atoms with Crippen LogP contribution in [0, 0.1) is 0 Å². The van der Waals surface area contributed by atoms with Crippen LogP contribution < -0.4 is 0 Å². The van der Waals surface area contributed by atoms with Crippen molar-refractivity contribution in [3.63, 3.8) is 0 Å². The van der Waals surface area contributed by atoms with Crippen LogP contribution in [0.25, 0.3) is 11.8 Å². The Hall–Kier alpha value is -3.41. The number of benzene rings is 2. The molecule has 0 saturated heterocycles. The van der Waals surface area contributed by atoms with Gasteiger partial charge >= 0.3 is 5.97 Å². The maximum absolute atomic E-state index is 11.9. The van der Waals surface area contributed by atoms with Crippen LogP contribution in [-0.2, 0) is 9.53 Å². The van der Waals surface area contributed by atoms with Gasteiger partial charge in [-0.3, -0.25) is 0 Å². The van der Waals surface area contributed by atoms with E-state index in [9.17, 15) is 25.2 Å². The van der Waals surface area contributed by atoms with Gasteiger partial charge in [0.25, 0.3) is 0 Å². The molecular formula is C17H12O6. The van der Waals surface area contributed by atoms with Gasteiger partial charge in [0.05, 0.1) is 5.57 Å². The lowest BCUT2D eigenvalue weighted by Crippen LogP contribution is -1.97. The normalized spacial score (nSPS) is 15.6. The van der Waals surface area contributed by atoms with Gasteiger partial charge in [-0.25, -0.2) is 4.79 Å². The molecule has 1 aliphatic rings. The number of aromatic hydroxyl groups is 4. The molecule has 0 saturated carbocycles. The predicted octanol–water partition coefficient (Wildman–Crippen LogP) is 2.49. The van der Waals surface area contributed by atoms with Crippen molar-refractivity contribution >= 4 is 17.8 Å². The summed E-state index contributed by atoms with van der Waals surface area (Å²) in [7, 11) is 0. The number of cyclic esters (lactones) is 1. The van der Waals surface area contributed by atoms with Crippen LogP contribution in [0.15, 0.2) is 48.0 Å². The number of esters is 1. The molecule has 1 aliphatic heterocycles. The number of hydrogen-bond donors (Lipinski definition) is 4. The van der Waals surface area contributed by atoms with Crippen LogP contribution >= 0.6 is 0 Å². The van der Waals surface area contributed by atoms with Gasteiger partial charge in [-0.05, 0) is 48.0 Å². The van der Waals surface area contributed by atoms with E-state index in [1.807, 2.05) is 0 Å². The highest BCUT2D eigenvalue weighted by Crippen LogP contribution is 2.33. The number of hydrogen-bond acceptors (Lipinski definition) is 6. The minimum absolute atomic E-state index is 0.236. The fourth-order valence-electron chi connectivity index (χ4n) is 2.12. The first-order valence-corrected chi connectivity index (χ1v) is 6.64. The summed E-state index contributed by atoms with van der Waals surface area (Å²) >= 11 is 0. The molecule has 0 fully saturated rings. The van der Waals surface area contributed by atoms with Crippen molar-refractivity contribution in [2.24, 2.45) is 0 Å². The summed E-state index contributed by atoms with van der Waals surface area (Å²) in [6.07, 6.45) is 2.98. The topological polar surface area (TPSA) is 107 Å². The maximum atomic E-state index is 11.9. The molecule has 6 heteroatoms. The Balaban J connectivity index is 1.95. The number of ether oxygens (including phenoxy) is 1. The molecule has 3 rings (SSSR count). The Morgan fingerprint density at radius 2 is 1.48 bits per heavy atom. The van der Waals surface area contributed by atoms with Crippen molar-refractivity contribution in [1.82, 2.24) is 0 Å². The molecule has 0 amide bonds. The first-order chi connectivity index (χ1) is 10.9. The quantitative estimate of drug-likeness (QED) is 0.385. The van der Waals surface area contributed by atoms with E-state index in [2.05, 4.69) is 0 Å². The van der Waals surface area contributed by atoms with Crippen molar-refractivity contribution in [2.45, 2.75) is 0 Å². The third-order valence-corrected chi connectivity index (χ3v) is 3.31. The third kappa shape index (κ3) is 2.82. The van der Waals surface area contributed by atoms with E-state index >= 15 is 0 Å². The number of phenolic OH excluding ortho intramolecular Hbond substituents is 4. The molecule has 0 unspecified atom stereocenters. The molecular weight excluding hydrogens is 300 g/mol. The molecule has 0 aromatic heterocycles. The number of rotatable bonds is 2. The van der Waals surface area contributed by atoms with Gasteiger partial charge in [-0.2, -0.15) is 0 Å². The number of carbonyl (C=O) groups is 1. The molecule has 0 aliphatic carbocycles. The summed E-state index contributed by atoms with van der Waals surface area (Å²) in [5.74, 6) is -1.48. The van der Waals surface area contributed by atoms with Gasteiger partial charge in [0.1, 0.15) is 5.76 Å². The molecule has 4 N–H and O–H groups in total. The Labute approximate surface area is 130 Å². The number of phenols is 4. The lowest BCUT2D eigenvalue weighted by Gasteiger charge is -2.03. The average molecular weight is 312 g/mol. The summed E-state index contributed by atoms with van der Waals surface area (Å²) in [6.45, 7) is 0. The Morgan fingerprint density at radius 1 is 0.826 bits per heavy atom. The summed E-state index contributed by atoms with van der Waals surface area (Å²) in [5.41, 5.74) is 1.20. The van der Waals surface area contributed by atoms with Crippen molar-refractivity contribution in [3.05, 3.63) is 59.2 Å².